The molecule has 0 atom stereocenters. The maximum Gasteiger partial charge on any atom is 0.209 e. The molecule has 82 valence electrons. The lowest BCUT2D eigenvalue weighted by Gasteiger charge is -1.93. The number of aldehydes is 1. The van der Waals surface area contributed by atoms with Gasteiger partial charge < -0.3 is 4.90 Å². The van der Waals surface area contributed by atoms with Crippen LogP contribution in [0.2, 0.25) is 5.02 Å². The van der Waals surface area contributed by atoms with Gasteiger partial charge in [-0.15, -0.1) is 0 Å². The van der Waals surface area contributed by atoms with Crippen LogP contribution in [-0.2, 0) is 4.79 Å². The summed E-state index contributed by atoms with van der Waals surface area (Å²) in [7, 11) is 3.38. The number of hydrogen-bond acceptors (Lipinski definition) is 2. The van der Waals surface area contributed by atoms with Crippen molar-refractivity contribution in [2.45, 2.75) is 0 Å². The second-order valence-corrected chi connectivity index (χ2v) is 3.29. The quantitative estimate of drug-likeness (QED) is 0.730. The highest BCUT2D eigenvalue weighted by molar-refractivity contribution is 6.30. The van der Waals surface area contributed by atoms with Crippen LogP contribution in [0.1, 0.15) is 10.4 Å². The number of nitrogens with zero attached hydrogens (tertiary/aromatic N) is 1. The summed E-state index contributed by atoms with van der Waals surface area (Å²) >= 11 is 5.47. The Morgan fingerprint density at radius 1 is 1.33 bits per heavy atom. The first-order valence-electron chi connectivity index (χ1n) is 4.03. The lowest BCUT2D eigenvalue weighted by Crippen LogP contribution is -2.06. The van der Waals surface area contributed by atoms with Gasteiger partial charge in [-0.25, -0.2) is 4.39 Å². The van der Waals surface area contributed by atoms with Crippen LogP contribution in [0.15, 0.2) is 18.2 Å². The lowest BCUT2D eigenvalue weighted by molar-refractivity contribution is -0.115. The van der Waals surface area contributed by atoms with E-state index in [1.807, 2.05) is 0 Å². The van der Waals surface area contributed by atoms with Gasteiger partial charge in [0.05, 0.1) is 5.56 Å². The first kappa shape index (κ1) is 13.6. The summed E-state index contributed by atoms with van der Waals surface area (Å²) < 4.78 is 12.5. The number of amides is 1. The number of hydrogen-bond donors (Lipinski definition) is 0. The van der Waals surface area contributed by atoms with Gasteiger partial charge in [0.15, 0.2) is 6.29 Å². The van der Waals surface area contributed by atoms with Crippen molar-refractivity contribution in [1.29, 1.82) is 0 Å². The van der Waals surface area contributed by atoms with E-state index in [1.54, 1.807) is 14.1 Å². The molecule has 0 aliphatic heterocycles. The van der Waals surface area contributed by atoms with Crippen molar-refractivity contribution >= 4 is 24.3 Å². The minimum Gasteiger partial charge on any atom is -0.351 e. The highest BCUT2D eigenvalue weighted by atomic mass is 35.5. The predicted octanol–water partition coefficient (Wildman–Crippen LogP) is 2.00. The van der Waals surface area contributed by atoms with E-state index in [2.05, 4.69) is 0 Å². The summed E-state index contributed by atoms with van der Waals surface area (Å²) in [6.07, 6.45) is 1.18. The Kier molecular flexibility index (Phi) is 6.29. The molecule has 1 aromatic carbocycles. The number of halogens is 2. The van der Waals surface area contributed by atoms with Crippen molar-refractivity contribution in [2.24, 2.45) is 0 Å². The predicted molar refractivity (Wildman–Crippen MR) is 56.5 cm³/mol. The zero-order chi connectivity index (χ0) is 11.8. The van der Waals surface area contributed by atoms with Crippen LogP contribution in [0, 0.1) is 5.82 Å². The molecule has 5 heteroatoms. The van der Waals surface area contributed by atoms with Gasteiger partial charge in [0, 0.05) is 19.1 Å². The molecular weight excluding hydrogens is 221 g/mol. The second kappa shape index (κ2) is 6.95. The van der Waals surface area contributed by atoms with Gasteiger partial charge in [0.2, 0.25) is 6.41 Å². The molecule has 0 radical (unpaired) electrons. The zero-order valence-electron chi connectivity index (χ0n) is 8.41. The third kappa shape index (κ3) is 5.80. The van der Waals surface area contributed by atoms with Crippen LogP contribution in [0.3, 0.4) is 0 Å². The van der Waals surface area contributed by atoms with Crippen LogP contribution in [0.25, 0.3) is 0 Å². The van der Waals surface area contributed by atoms with Gasteiger partial charge >= 0.3 is 0 Å². The van der Waals surface area contributed by atoms with E-state index in [1.165, 1.54) is 17.0 Å². The maximum absolute atomic E-state index is 12.5. The van der Waals surface area contributed by atoms with Gasteiger partial charge in [-0.3, -0.25) is 9.59 Å². The van der Waals surface area contributed by atoms with Crippen LogP contribution >= 0.6 is 11.6 Å². The topological polar surface area (TPSA) is 37.4 Å². The van der Waals surface area contributed by atoms with Gasteiger partial charge in [0.25, 0.3) is 0 Å². The van der Waals surface area contributed by atoms with E-state index in [4.69, 9.17) is 11.6 Å². The summed E-state index contributed by atoms with van der Waals surface area (Å²) in [5.41, 5.74) is -0.00694. The van der Waals surface area contributed by atoms with Crippen molar-refractivity contribution < 1.29 is 14.0 Å². The smallest absolute Gasteiger partial charge is 0.209 e. The highest BCUT2D eigenvalue weighted by Gasteiger charge is 1.99. The molecule has 0 N–H and O–H groups in total. The molecule has 1 rings (SSSR count). The molecule has 0 saturated carbocycles. The van der Waals surface area contributed by atoms with Crippen LogP contribution in [-0.4, -0.2) is 31.7 Å². The Hall–Kier alpha value is -1.42. The average molecular weight is 232 g/mol. The third-order valence-corrected chi connectivity index (χ3v) is 1.53. The molecule has 0 spiro atoms. The van der Waals surface area contributed by atoms with E-state index < -0.39 is 5.82 Å². The summed E-state index contributed by atoms with van der Waals surface area (Å²) in [6.45, 7) is 0. The minimum absolute atomic E-state index is 0.00694. The number of carbonyl (C=O) groups excluding carboxylic acids is 2. The summed E-state index contributed by atoms with van der Waals surface area (Å²) in [4.78, 5) is 21.0. The fraction of sp³-hybridized carbons (Fsp3) is 0.200. The molecular formula is C10H11ClFNO2. The monoisotopic (exact) mass is 231 g/mol. The highest BCUT2D eigenvalue weighted by Crippen LogP contribution is 2.12. The third-order valence-electron chi connectivity index (χ3n) is 1.30. The molecule has 0 aromatic heterocycles. The molecule has 0 heterocycles. The fourth-order valence-corrected chi connectivity index (χ4v) is 0.785. The van der Waals surface area contributed by atoms with Gasteiger partial charge in [0.1, 0.15) is 5.82 Å². The van der Waals surface area contributed by atoms with E-state index in [9.17, 15) is 14.0 Å². The van der Waals surface area contributed by atoms with Crippen LogP contribution in [0.5, 0.6) is 0 Å². The largest absolute Gasteiger partial charge is 0.351 e. The van der Waals surface area contributed by atoms with E-state index in [-0.39, 0.29) is 5.56 Å². The Morgan fingerprint density at radius 2 is 1.87 bits per heavy atom. The molecule has 1 amide bonds. The molecule has 0 saturated heterocycles. The molecule has 1 aromatic rings. The van der Waals surface area contributed by atoms with Crippen LogP contribution in [0.4, 0.5) is 4.39 Å². The summed E-state index contributed by atoms with van der Waals surface area (Å²) in [5, 5.41) is 0.364. The van der Waals surface area contributed by atoms with Crippen molar-refractivity contribution in [3.05, 3.63) is 34.6 Å². The number of carbonyl (C=O) groups is 2. The first-order chi connectivity index (χ1) is 7.01. The Morgan fingerprint density at radius 3 is 2.20 bits per heavy atom. The SMILES string of the molecule is CN(C)C=O.O=Cc1cc(Cl)ccc1F. The molecule has 0 bridgehead atoms. The molecule has 0 unspecified atom stereocenters. The molecule has 0 fully saturated rings. The van der Waals surface area contributed by atoms with E-state index in [0.29, 0.717) is 11.3 Å². The van der Waals surface area contributed by atoms with Crippen molar-refractivity contribution in [3.63, 3.8) is 0 Å². The maximum atomic E-state index is 12.5. The lowest BCUT2D eigenvalue weighted by atomic mass is 10.2. The molecule has 0 aliphatic carbocycles. The summed E-state index contributed by atoms with van der Waals surface area (Å²) in [5.74, 6) is -0.542. The first-order valence-corrected chi connectivity index (χ1v) is 4.41. The second-order valence-electron chi connectivity index (χ2n) is 2.85. The Labute approximate surface area is 92.4 Å². The standard InChI is InChI=1S/C7H4ClFO.C3H7NO/c8-6-1-2-7(9)5(3-6)4-10;1-4(2)3-5/h1-4H;3H,1-2H3. The molecule has 15 heavy (non-hydrogen) atoms. The van der Waals surface area contributed by atoms with E-state index >= 15 is 0 Å². The normalized spacial score (nSPS) is 8.53. The minimum atomic E-state index is -0.542. The zero-order valence-corrected chi connectivity index (χ0v) is 9.16. The molecule has 3 nitrogen and oxygen atoms in total. The van der Waals surface area contributed by atoms with Gasteiger partial charge in [-0.2, -0.15) is 0 Å². The summed E-state index contributed by atoms with van der Waals surface area (Å²) in [6, 6.07) is 3.83. The Bertz CT molecular complexity index is 342. The number of benzene rings is 1. The van der Waals surface area contributed by atoms with Gasteiger partial charge in [-0.05, 0) is 18.2 Å². The Balaban J connectivity index is 0.000000336. The van der Waals surface area contributed by atoms with Gasteiger partial charge in [-0.1, -0.05) is 11.6 Å². The van der Waals surface area contributed by atoms with Crippen molar-refractivity contribution in [1.82, 2.24) is 4.90 Å². The average Bonchev–Trinajstić information content (AvgIpc) is 2.22. The number of rotatable bonds is 2. The van der Waals surface area contributed by atoms with E-state index in [0.717, 1.165) is 12.5 Å². The molecule has 0 aliphatic rings. The fourth-order valence-electron chi connectivity index (χ4n) is 0.605. The van der Waals surface area contributed by atoms with Crippen LogP contribution < -0.4 is 0 Å². The van der Waals surface area contributed by atoms with Crippen molar-refractivity contribution in [3.8, 4) is 0 Å². The van der Waals surface area contributed by atoms with Crippen molar-refractivity contribution in [2.75, 3.05) is 14.1 Å².